The summed E-state index contributed by atoms with van der Waals surface area (Å²) >= 11 is 2.90. The first-order valence-corrected chi connectivity index (χ1v) is 8.21. The Bertz CT molecular complexity index is 635. The third-order valence-corrected chi connectivity index (χ3v) is 4.92. The van der Waals surface area contributed by atoms with Crippen LogP contribution in [0.2, 0.25) is 0 Å². The quantitative estimate of drug-likeness (QED) is 0.859. The van der Waals surface area contributed by atoms with Crippen molar-refractivity contribution >= 4 is 34.6 Å². The predicted octanol–water partition coefficient (Wildman–Crippen LogP) is 2.86. The fourth-order valence-electron chi connectivity index (χ4n) is 1.70. The van der Waals surface area contributed by atoms with Crippen molar-refractivity contribution in [2.45, 2.75) is 26.8 Å². The number of carbonyl (C=O) groups is 2. The van der Waals surface area contributed by atoms with E-state index in [0.717, 1.165) is 9.88 Å². The lowest BCUT2D eigenvalue weighted by Gasteiger charge is -2.11. The Morgan fingerprint density at radius 2 is 2.24 bits per heavy atom. The van der Waals surface area contributed by atoms with Crippen molar-refractivity contribution in [3.63, 3.8) is 0 Å². The van der Waals surface area contributed by atoms with Crippen LogP contribution in [0.15, 0.2) is 17.5 Å². The van der Waals surface area contributed by atoms with E-state index in [1.807, 2.05) is 17.5 Å². The zero-order chi connectivity index (χ0) is 15.4. The Morgan fingerprint density at radius 3 is 2.86 bits per heavy atom. The topological polar surface area (TPSA) is 68.3 Å². The molecule has 21 heavy (non-hydrogen) atoms. The molecule has 0 fully saturated rings. The summed E-state index contributed by atoms with van der Waals surface area (Å²) in [5.41, 5.74) is 0.664. The largest absolute Gasteiger partial charge is 0.464 e. The highest BCUT2D eigenvalue weighted by molar-refractivity contribution is 7.22. The molecule has 0 bridgehead atoms. The zero-order valence-corrected chi connectivity index (χ0v) is 13.6. The molecule has 1 atom stereocenters. The first-order chi connectivity index (χ1) is 10.0. The highest BCUT2D eigenvalue weighted by atomic mass is 32.1. The van der Waals surface area contributed by atoms with Crippen LogP contribution in [0.4, 0.5) is 0 Å². The summed E-state index contributed by atoms with van der Waals surface area (Å²) < 4.78 is 4.87. The van der Waals surface area contributed by atoms with Crippen molar-refractivity contribution in [3.8, 4) is 9.88 Å². The second kappa shape index (κ2) is 6.82. The van der Waals surface area contributed by atoms with Crippen LogP contribution in [0.25, 0.3) is 9.88 Å². The SMILES string of the molecule is CCOC(=O)C(C)NC(=O)c1sc(-c2cccs2)nc1C. The number of nitrogens with one attached hydrogen (secondary N) is 1. The molecule has 0 saturated heterocycles. The summed E-state index contributed by atoms with van der Waals surface area (Å²) in [6.07, 6.45) is 0. The normalized spacial score (nSPS) is 12.0. The maximum atomic E-state index is 12.2. The van der Waals surface area contributed by atoms with E-state index in [1.54, 1.807) is 32.1 Å². The number of ether oxygens (including phenoxy) is 1. The van der Waals surface area contributed by atoms with Crippen LogP contribution in [0, 0.1) is 6.92 Å². The van der Waals surface area contributed by atoms with E-state index < -0.39 is 12.0 Å². The number of carbonyl (C=O) groups excluding carboxylic acids is 2. The van der Waals surface area contributed by atoms with Crippen LogP contribution in [-0.4, -0.2) is 29.5 Å². The molecule has 5 nitrogen and oxygen atoms in total. The monoisotopic (exact) mass is 324 g/mol. The van der Waals surface area contributed by atoms with Gasteiger partial charge in [-0.3, -0.25) is 4.79 Å². The Labute approximate surface area is 131 Å². The fourth-order valence-corrected chi connectivity index (χ4v) is 3.47. The van der Waals surface area contributed by atoms with E-state index in [9.17, 15) is 9.59 Å². The molecule has 1 amide bonds. The molecule has 0 saturated carbocycles. The van der Waals surface area contributed by atoms with E-state index in [2.05, 4.69) is 10.3 Å². The van der Waals surface area contributed by atoms with E-state index in [-0.39, 0.29) is 5.91 Å². The maximum absolute atomic E-state index is 12.2. The van der Waals surface area contributed by atoms with Crippen LogP contribution in [-0.2, 0) is 9.53 Å². The molecule has 0 aliphatic heterocycles. The summed E-state index contributed by atoms with van der Waals surface area (Å²) in [5.74, 6) is -0.736. The number of amides is 1. The van der Waals surface area contributed by atoms with Gasteiger partial charge in [0.15, 0.2) is 0 Å². The predicted molar refractivity (Wildman–Crippen MR) is 83.7 cm³/mol. The molecule has 2 rings (SSSR count). The van der Waals surface area contributed by atoms with E-state index in [4.69, 9.17) is 4.74 Å². The molecular formula is C14H16N2O3S2. The number of aryl methyl sites for hydroxylation is 1. The maximum Gasteiger partial charge on any atom is 0.328 e. The van der Waals surface area contributed by atoms with Crippen molar-refractivity contribution < 1.29 is 14.3 Å². The summed E-state index contributed by atoms with van der Waals surface area (Å²) in [6, 6.07) is 3.23. The average Bonchev–Trinajstić information content (AvgIpc) is 3.07. The summed E-state index contributed by atoms with van der Waals surface area (Å²) in [7, 11) is 0. The summed E-state index contributed by atoms with van der Waals surface area (Å²) in [5, 5.41) is 5.42. The summed E-state index contributed by atoms with van der Waals surface area (Å²) in [6.45, 7) is 5.41. The van der Waals surface area contributed by atoms with Crippen molar-refractivity contribution in [1.29, 1.82) is 0 Å². The molecule has 2 aromatic rings. The van der Waals surface area contributed by atoms with Gasteiger partial charge in [0.05, 0.1) is 17.2 Å². The number of hydrogen-bond acceptors (Lipinski definition) is 6. The smallest absolute Gasteiger partial charge is 0.328 e. The number of esters is 1. The van der Waals surface area contributed by atoms with Gasteiger partial charge in [0, 0.05) is 0 Å². The third-order valence-electron chi connectivity index (χ3n) is 2.72. The Balaban J connectivity index is 2.11. The van der Waals surface area contributed by atoms with E-state index in [1.165, 1.54) is 11.3 Å². The van der Waals surface area contributed by atoms with Crippen molar-refractivity contribution in [2.24, 2.45) is 0 Å². The molecule has 0 aromatic carbocycles. The molecule has 112 valence electrons. The van der Waals surface area contributed by atoms with Crippen LogP contribution in [0.3, 0.4) is 0 Å². The van der Waals surface area contributed by atoms with Gasteiger partial charge in [0.25, 0.3) is 5.91 Å². The molecule has 0 radical (unpaired) electrons. The van der Waals surface area contributed by atoms with Crippen LogP contribution in [0.1, 0.15) is 29.2 Å². The number of nitrogens with zero attached hydrogens (tertiary/aromatic N) is 1. The molecular weight excluding hydrogens is 308 g/mol. The highest BCUT2D eigenvalue weighted by Crippen LogP contribution is 2.30. The number of thiazole rings is 1. The first kappa shape index (κ1) is 15.7. The van der Waals surface area contributed by atoms with E-state index in [0.29, 0.717) is 17.2 Å². The molecule has 1 N–H and O–H groups in total. The number of hydrogen-bond donors (Lipinski definition) is 1. The lowest BCUT2D eigenvalue weighted by molar-refractivity contribution is -0.144. The van der Waals surface area contributed by atoms with Crippen LogP contribution < -0.4 is 5.32 Å². The van der Waals surface area contributed by atoms with Gasteiger partial charge in [-0.05, 0) is 32.2 Å². The minimum Gasteiger partial charge on any atom is -0.464 e. The number of rotatable bonds is 5. The standard InChI is InChI=1S/C14H16N2O3S2/c1-4-19-14(18)9(3)15-12(17)11-8(2)16-13(21-11)10-6-5-7-20-10/h5-7,9H,4H2,1-3H3,(H,15,17). The van der Waals surface area contributed by atoms with Crippen LogP contribution >= 0.6 is 22.7 Å². The number of thiophene rings is 1. The van der Waals surface area contributed by atoms with Crippen molar-refractivity contribution in [1.82, 2.24) is 10.3 Å². The van der Waals surface area contributed by atoms with Gasteiger partial charge < -0.3 is 10.1 Å². The fraction of sp³-hybridized carbons (Fsp3) is 0.357. The van der Waals surface area contributed by atoms with Gasteiger partial charge in [-0.25, -0.2) is 9.78 Å². The average molecular weight is 324 g/mol. The second-order valence-corrected chi connectivity index (χ2v) is 6.30. The molecule has 0 aliphatic carbocycles. The van der Waals surface area contributed by atoms with Gasteiger partial charge >= 0.3 is 5.97 Å². The molecule has 0 aliphatic rings. The lowest BCUT2D eigenvalue weighted by atomic mass is 10.3. The van der Waals surface area contributed by atoms with E-state index >= 15 is 0 Å². The Morgan fingerprint density at radius 1 is 1.48 bits per heavy atom. The molecule has 2 heterocycles. The lowest BCUT2D eigenvalue weighted by Crippen LogP contribution is -2.39. The molecule has 1 unspecified atom stereocenters. The first-order valence-electron chi connectivity index (χ1n) is 6.51. The zero-order valence-electron chi connectivity index (χ0n) is 12.0. The Kier molecular flexibility index (Phi) is 5.08. The third kappa shape index (κ3) is 3.68. The van der Waals surface area contributed by atoms with Gasteiger partial charge in [-0.1, -0.05) is 6.07 Å². The van der Waals surface area contributed by atoms with Gasteiger partial charge in [0.1, 0.15) is 15.9 Å². The summed E-state index contributed by atoms with van der Waals surface area (Å²) in [4.78, 5) is 29.7. The minimum atomic E-state index is -0.677. The van der Waals surface area contributed by atoms with Crippen LogP contribution in [0.5, 0.6) is 0 Å². The second-order valence-electron chi connectivity index (χ2n) is 4.36. The number of aromatic nitrogens is 1. The van der Waals surface area contributed by atoms with Crippen molar-refractivity contribution in [2.75, 3.05) is 6.61 Å². The van der Waals surface area contributed by atoms with Gasteiger partial charge in [-0.15, -0.1) is 22.7 Å². The highest BCUT2D eigenvalue weighted by Gasteiger charge is 2.21. The van der Waals surface area contributed by atoms with Gasteiger partial charge in [0.2, 0.25) is 0 Å². The molecule has 0 spiro atoms. The Hall–Kier alpha value is -1.73. The molecule has 7 heteroatoms. The van der Waals surface area contributed by atoms with Gasteiger partial charge in [-0.2, -0.15) is 0 Å². The minimum absolute atomic E-state index is 0.293. The molecule has 2 aromatic heterocycles. The van der Waals surface area contributed by atoms with Crippen molar-refractivity contribution in [3.05, 3.63) is 28.1 Å².